The van der Waals surface area contributed by atoms with Crippen LogP contribution in [0.1, 0.15) is 6.92 Å². The Morgan fingerprint density at radius 3 is 2.38 bits per heavy atom. The van der Waals surface area contributed by atoms with E-state index in [2.05, 4.69) is 20.4 Å². The molecule has 1 aromatic heterocycles. The lowest BCUT2D eigenvalue weighted by Crippen LogP contribution is -2.43. The number of halogens is 4. The van der Waals surface area contributed by atoms with Gasteiger partial charge >= 0.3 is 6.36 Å². The standard InChI is InChI=1S/C18H18ClF3N4O3/c1-11(17(28)25-15-8-3-12(19)9-23-15)26(2)10-16(27)24-13-4-6-14(7-5-13)29-18(20,21)22/h3-9,11H,10H2,1-2H3,(H,24,27)(H,23,25,28). The summed E-state index contributed by atoms with van der Waals surface area (Å²) in [6.45, 7) is 1.49. The monoisotopic (exact) mass is 430 g/mol. The highest BCUT2D eigenvalue weighted by Crippen LogP contribution is 2.24. The van der Waals surface area contributed by atoms with Crippen molar-refractivity contribution in [2.45, 2.75) is 19.3 Å². The number of likely N-dealkylation sites (N-methyl/N-ethyl adjacent to an activating group) is 1. The van der Waals surface area contributed by atoms with Gasteiger partial charge in [-0.15, -0.1) is 13.2 Å². The van der Waals surface area contributed by atoms with Crippen LogP contribution in [0.4, 0.5) is 24.7 Å². The summed E-state index contributed by atoms with van der Waals surface area (Å²) in [6.07, 6.45) is -3.39. The van der Waals surface area contributed by atoms with Crippen molar-refractivity contribution in [3.05, 3.63) is 47.6 Å². The maximum atomic E-state index is 12.3. The quantitative estimate of drug-likeness (QED) is 0.702. The zero-order chi connectivity index (χ0) is 21.6. The van der Waals surface area contributed by atoms with E-state index in [1.54, 1.807) is 26.1 Å². The number of alkyl halides is 3. The molecule has 0 bridgehead atoms. The van der Waals surface area contributed by atoms with Gasteiger partial charge in [-0.1, -0.05) is 11.6 Å². The summed E-state index contributed by atoms with van der Waals surface area (Å²) in [4.78, 5) is 29.9. The SMILES string of the molecule is CC(C(=O)Nc1ccc(Cl)cn1)N(C)CC(=O)Nc1ccc(OC(F)(F)F)cc1. The summed E-state index contributed by atoms with van der Waals surface area (Å²) in [5.41, 5.74) is 0.292. The number of pyridine rings is 1. The van der Waals surface area contributed by atoms with Gasteiger partial charge in [-0.2, -0.15) is 0 Å². The van der Waals surface area contributed by atoms with E-state index in [1.165, 1.54) is 23.2 Å². The zero-order valence-electron chi connectivity index (χ0n) is 15.5. The van der Waals surface area contributed by atoms with Gasteiger partial charge in [0.1, 0.15) is 11.6 Å². The van der Waals surface area contributed by atoms with Crippen molar-refractivity contribution < 1.29 is 27.5 Å². The van der Waals surface area contributed by atoms with Crippen molar-refractivity contribution in [3.63, 3.8) is 0 Å². The highest BCUT2D eigenvalue weighted by atomic mass is 35.5. The molecule has 0 fully saturated rings. The maximum absolute atomic E-state index is 12.3. The molecule has 2 N–H and O–H groups in total. The molecule has 156 valence electrons. The molecule has 0 aliphatic heterocycles. The van der Waals surface area contributed by atoms with E-state index in [0.717, 1.165) is 12.1 Å². The van der Waals surface area contributed by atoms with Gasteiger partial charge < -0.3 is 15.4 Å². The maximum Gasteiger partial charge on any atom is 0.573 e. The molecule has 0 saturated carbocycles. The fraction of sp³-hybridized carbons (Fsp3) is 0.278. The Morgan fingerprint density at radius 1 is 1.17 bits per heavy atom. The van der Waals surface area contributed by atoms with E-state index in [-0.39, 0.29) is 12.5 Å². The third kappa shape index (κ3) is 7.59. The number of rotatable bonds is 7. The number of nitrogens with zero attached hydrogens (tertiary/aromatic N) is 2. The summed E-state index contributed by atoms with van der Waals surface area (Å²) in [7, 11) is 1.58. The number of amides is 2. The molecular formula is C18H18ClF3N4O3. The van der Waals surface area contributed by atoms with Crippen molar-refractivity contribution in [1.29, 1.82) is 0 Å². The molecule has 2 aromatic rings. The highest BCUT2D eigenvalue weighted by molar-refractivity contribution is 6.30. The Labute approximate surface area is 169 Å². The average molecular weight is 431 g/mol. The number of nitrogens with one attached hydrogen (secondary N) is 2. The van der Waals surface area contributed by atoms with Crippen LogP contribution < -0.4 is 15.4 Å². The van der Waals surface area contributed by atoms with Crippen LogP contribution in [0.2, 0.25) is 5.02 Å². The summed E-state index contributed by atoms with van der Waals surface area (Å²) < 4.78 is 40.2. The Balaban J connectivity index is 1.85. The van der Waals surface area contributed by atoms with E-state index in [9.17, 15) is 22.8 Å². The fourth-order valence-electron chi connectivity index (χ4n) is 2.18. The molecular weight excluding hydrogens is 413 g/mol. The third-order valence-corrected chi connectivity index (χ3v) is 4.01. The Morgan fingerprint density at radius 2 is 1.83 bits per heavy atom. The molecule has 1 unspecified atom stereocenters. The van der Waals surface area contributed by atoms with Gasteiger partial charge in [0.15, 0.2) is 0 Å². The van der Waals surface area contributed by atoms with E-state index >= 15 is 0 Å². The second kappa shape index (κ2) is 9.57. The third-order valence-electron chi connectivity index (χ3n) is 3.78. The molecule has 0 aliphatic rings. The van der Waals surface area contributed by atoms with Crippen LogP contribution in [0, 0.1) is 0 Å². The normalized spacial score (nSPS) is 12.4. The lowest BCUT2D eigenvalue weighted by molar-refractivity contribution is -0.274. The van der Waals surface area contributed by atoms with Crippen LogP contribution in [0.15, 0.2) is 42.6 Å². The van der Waals surface area contributed by atoms with E-state index < -0.39 is 24.1 Å². The van der Waals surface area contributed by atoms with E-state index in [1.807, 2.05) is 0 Å². The lowest BCUT2D eigenvalue weighted by Gasteiger charge is -2.23. The first-order chi connectivity index (χ1) is 13.5. The second-order valence-electron chi connectivity index (χ2n) is 6.06. The molecule has 0 radical (unpaired) electrons. The minimum absolute atomic E-state index is 0.122. The van der Waals surface area contributed by atoms with Crippen LogP contribution in [0.25, 0.3) is 0 Å². The number of carbonyl (C=O) groups is 2. The molecule has 0 spiro atoms. The number of benzene rings is 1. The van der Waals surface area contributed by atoms with Crippen molar-refractivity contribution in [2.24, 2.45) is 0 Å². The summed E-state index contributed by atoms with van der Waals surface area (Å²) in [5.74, 6) is -0.885. The van der Waals surface area contributed by atoms with Crippen molar-refractivity contribution in [3.8, 4) is 5.75 Å². The molecule has 1 aromatic carbocycles. The van der Waals surface area contributed by atoms with E-state index in [4.69, 9.17) is 11.6 Å². The first-order valence-electron chi connectivity index (χ1n) is 8.32. The lowest BCUT2D eigenvalue weighted by atomic mass is 10.2. The van der Waals surface area contributed by atoms with Crippen LogP contribution in [0.3, 0.4) is 0 Å². The largest absolute Gasteiger partial charge is 0.573 e. The predicted octanol–water partition coefficient (Wildman–Crippen LogP) is 3.53. The summed E-state index contributed by atoms with van der Waals surface area (Å²) in [6, 6.07) is 7.20. The minimum Gasteiger partial charge on any atom is -0.406 e. The number of carbonyl (C=O) groups excluding carboxylic acids is 2. The number of ether oxygens (including phenoxy) is 1. The van der Waals surface area contributed by atoms with Crippen LogP contribution >= 0.6 is 11.6 Å². The second-order valence-corrected chi connectivity index (χ2v) is 6.50. The minimum atomic E-state index is -4.79. The molecule has 1 atom stereocenters. The first kappa shape index (κ1) is 22.4. The molecule has 0 saturated heterocycles. The smallest absolute Gasteiger partial charge is 0.406 e. The molecule has 11 heteroatoms. The first-order valence-corrected chi connectivity index (χ1v) is 8.69. The van der Waals surface area contributed by atoms with Gasteiger partial charge in [0.25, 0.3) is 0 Å². The van der Waals surface area contributed by atoms with Gasteiger partial charge in [-0.25, -0.2) is 4.98 Å². The number of anilines is 2. The van der Waals surface area contributed by atoms with Gasteiger partial charge in [-0.3, -0.25) is 14.5 Å². The number of aromatic nitrogens is 1. The molecule has 0 aliphatic carbocycles. The van der Waals surface area contributed by atoms with Crippen molar-refractivity contribution in [1.82, 2.24) is 9.88 Å². The molecule has 7 nitrogen and oxygen atoms in total. The average Bonchev–Trinajstić information content (AvgIpc) is 2.63. The Hall–Kier alpha value is -2.85. The van der Waals surface area contributed by atoms with Gasteiger partial charge in [0, 0.05) is 11.9 Å². The number of hydrogen-bond donors (Lipinski definition) is 2. The molecule has 2 rings (SSSR count). The van der Waals surface area contributed by atoms with E-state index in [0.29, 0.717) is 16.5 Å². The zero-order valence-corrected chi connectivity index (χ0v) is 16.2. The van der Waals surface area contributed by atoms with Crippen molar-refractivity contribution >= 4 is 34.9 Å². The van der Waals surface area contributed by atoms with Gasteiger partial charge in [-0.05, 0) is 50.4 Å². The van der Waals surface area contributed by atoms with Crippen LogP contribution in [-0.2, 0) is 9.59 Å². The molecule has 2 amide bonds. The summed E-state index contributed by atoms with van der Waals surface area (Å²) in [5, 5.41) is 5.58. The topological polar surface area (TPSA) is 83.6 Å². The van der Waals surface area contributed by atoms with Crippen LogP contribution in [-0.4, -0.2) is 47.7 Å². The predicted molar refractivity (Wildman–Crippen MR) is 102 cm³/mol. The Bertz CT molecular complexity index is 845. The van der Waals surface area contributed by atoms with Gasteiger partial charge in [0.05, 0.1) is 17.6 Å². The fourth-order valence-corrected chi connectivity index (χ4v) is 2.30. The van der Waals surface area contributed by atoms with Gasteiger partial charge in [0.2, 0.25) is 11.8 Å². The molecule has 1 heterocycles. The highest BCUT2D eigenvalue weighted by Gasteiger charge is 2.31. The Kier molecular flexibility index (Phi) is 7.40. The summed E-state index contributed by atoms with van der Waals surface area (Å²) >= 11 is 5.74. The molecule has 29 heavy (non-hydrogen) atoms. The van der Waals surface area contributed by atoms with Crippen molar-refractivity contribution in [2.75, 3.05) is 24.2 Å². The number of hydrogen-bond acceptors (Lipinski definition) is 5. The van der Waals surface area contributed by atoms with Crippen LogP contribution in [0.5, 0.6) is 5.75 Å².